The van der Waals surface area contributed by atoms with Gasteiger partial charge >= 0.3 is 0 Å². The first-order valence-electron chi connectivity index (χ1n) is 7.18. The molecule has 0 bridgehead atoms. The van der Waals surface area contributed by atoms with E-state index in [0.29, 0.717) is 0 Å². The molecule has 1 heterocycles. The van der Waals surface area contributed by atoms with E-state index >= 15 is 0 Å². The number of halogens is 1. The van der Waals surface area contributed by atoms with Gasteiger partial charge in [-0.2, -0.15) is 0 Å². The molecule has 0 N–H and O–H groups in total. The Hall–Kier alpha value is -2.19. The SMILES string of the molecule is CC#CCC(C)(Cc1cccnc1)S(=O)(=O)c1ccc(F)cc1. The highest BCUT2D eigenvalue weighted by Gasteiger charge is 2.40. The second kappa shape index (κ2) is 6.93. The Bertz CT molecular complexity index is 821. The van der Waals surface area contributed by atoms with Gasteiger partial charge in [-0.15, -0.1) is 11.8 Å². The standard InChI is InChI=1S/C18H18FNO2S/c1-3-4-11-18(2,13-15-6-5-12-20-14-15)23(21,22)17-9-7-16(19)8-10-17/h5-10,12,14H,11,13H2,1-2H3. The van der Waals surface area contributed by atoms with Crippen molar-refractivity contribution in [2.24, 2.45) is 0 Å². The van der Waals surface area contributed by atoms with E-state index in [0.717, 1.165) is 17.7 Å². The number of hydrogen-bond acceptors (Lipinski definition) is 3. The quantitative estimate of drug-likeness (QED) is 0.623. The van der Waals surface area contributed by atoms with Crippen LogP contribution in [0.3, 0.4) is 0 Å². The third kappa shape index (κ3) is 3.77. The maximum atomic E-state index is 13.1. The molecular weight excluding hydrogens is 313 g/mol. The molecule has 120 valence electrons. The van der Waals surface area contributed by atoms with Crippen molar-refractivity contribution in [3.8, 4) is 11.8 Å². The maximum absolute atomic E-state index is 13.1. The Kier molecular flexibility index (Phi) is 5.17. The predicted molar refractivity (Wildman–Crippen MR) is 88.0 cm³/mol. The summed E-state index contributed by atoms with van der Waals surface area (Å²) in [6, 6.07) is 8.51. The summed E-state index contributed by atoms with van der Waals surface area (Å²) in [5.41, 5.74) is 0.818. The molecule has 2 rings (SSSR count). The Morgan fingerprint density at radius 3 is 2.48 bits per heavy atom. The molecule has 0 aliphatic carbocycles. The average molecular weight is 331 g/mol. The number of benzene rings is 1. The van der Waals surface area contributed by atoms with Crippen LogP contribution in [-0.2, 0) is 16.3 Å². The summed E-state index contributed by atoms with van der Waals surface area (Å²) in [5, 5.41) is 0. The molecule has 5 heteroatoms. The third-order valence-electron chi connectivity index (χ3n) is 3.71. The van der Waals surface area contributed by atoms with Gasteiger partial charge in [0.2, 0.25) is 0 Å². The van der Waals surface area contributed by atoms with Crippen molar-refractivity contribution in [3.63, 3.8) is 0 Å². The van der Waals surface area contributed by atoms with Gasteiger partial charge in [-0.25, -0.2) is 12.8 Å². The second-order valence-electron chi connectivity index (χ2n) is 5.55. The van der Waals surface area contributed by atoms with Crippen molar-refractivity contribution in [1.29, 1.82) is 0 Å². The number of pyridine rings is 1. The molecule has 23 heavy (non-hydrogen) atoms. The Morgan fingerprint density at radius 2 is 1.91 bits per heavy atom. The largest absolute Gasteiger partial charge is 0.264 e. The molecule has 0 amide bonds. The van der Waals surface area contributed by atoms with Gasteiger partial charge in [0.05, 0.1) is 9.64 Å². The fraction of sp³-hybridized carbons (Fsp3) is 0.278. The molecular formula is C18H18FNO2S. The lowest BCUT2D eigenvalue weighted by Gasteiger charge is -2.27. The third-order valence-corrected chi connectivity index (χ3v) is 6.19. The zero-order chi connectivity index (χ0) is 16.9. The van der Waals surface area contributed by atoms with Crippen LogP contribution in [0.5, 0.6) is 0 Å². The molecule has 2 aromatic rings. The minimum atomic E-state index is -3.68. The molecule has 1 aromatic carbocycles. The van der Waals surface area contributed by atoms with E-state index in [4.69, 9.17) is 0 Å². The Morgan fingerprint density at radius 1 is 1.22 bits per heavy atom. The first-order valence-corrected chi connectivity index (χ1v) is 8.66. The molecule has 0 spiro atoms. The second-order valence-corrected chi connectivity index (χ2v) is 8.01. The van der Waals surface area contributed by atoms with E-state index < -0.39 is 20.4 Å². The zero-order valence-electron chi connectivity index (χ0n) is 13.1. The zero-order valence-corrected chi connectivity index (χ0v) is 13.9. The van der Waals surface area contributed by atoms with Gasteiger partial charge in [-0.3, -0.25) is 4.98 Å². The average Bonchev–Trinajstić information content (AvgIpc) is 2.54. The molecule has 0 aliphatic heterocycles. The molecule has 0 saturated heterocycles. The smallest absolute Gasteiger partial charge is 0.185 e. The number of sulfone groups is 1. The number of hydrogen-bond donors (Lipinski definition) is 0. The van der Waals surface area contributed by atoms with Crippen LogP contribution in [0.1, 0.15) is 25.8 Å². The predicted octanol–water partition coefficient (Wildman–Crippen LogP) is 3.41. The summed E-state index contributed by atoms with van der Waals surface area (Å²) in [7, 11) is -3.68. The molecule has 0 aliphatic rings. The van der Waals surface area contributed by atoms with Crippen LogP contribution in [0.15, 0.2) is 53.7 Å². The Labute approximate surface area is 136 Å². The number of rotatable bonds is 5. The normalized spacial score (nSPS) is 13.7. The van der Waals surface area contributed by atoms with Crippen LogP contribution >= 0.6 is 0 Å². The van der Waals surface area contributed by atoms with Crippen molar-refractivity contribution in [2.45, 2.75) is 36.3 Å². The van der Waals surface area contributed by atoms with E-state index in [1.807, 2.05) is 6.07 Å². The molecule has 1 unspecified atom stereocenters. The summed E-state index contributed by atoms with van der Waals surface area (Å²) < 4.78 is 38.1. The van der Waals surface area contributed by atoms with Crippen LogP contribution < -0.4 is 0 Å². The van der Waals surface area contributed by atoms with Crippen molar-refractivity contribution >= 4 is 9.84 Å². The molecule has 1 atom stereocenters. The van der Waals surface area contributed by atoms with Gasteiger partial charge in [0.15, 0.2) is 9.84 Å². The lowest BCUT2D eigenvalue weighted by atomic mass is 9.98. The highest BCUT2D eigenvalue weighted by atomic mass is 32.2. The molecule has 3 nitrogen and oxygen atoms in total. The molecule has 0 radical (unpaired) electrons. The van der Waals surface area contributed by atoms with E-state index in [2.05, 4.69) is 16.8 Å². The van der Waals surface area contributed by atoms with Crippen LogP contribution in [0.25, 0.3) is 0 Å². The van der Waals surface area contributed by atoms with Crippen LogP contribution in [0.4, 0.5) is 4.39 Å². The van der Waals surface area contributed by atoms with E-state index in [1.165, 1.54) is 12.1 Å². The number of nitrogens with zero attached hydrogens (tertiary/aromatic N) is 1. The first kappa shape index (κ1) is 17.2. The topological polar surface area (TPSA) is 47.0 Å². The van der Waals surface area contributed by atoms with Gasteiger partial charge in [-0.1, -0.05) is 6.07 Å². The number of aromatic nitrogens is 1. The van der Waals surface area contributed by atoms with Crippen molar-refractivity contribution in [3.05, 3.63) is 60.2 Å². The fourth-order valence-electron chi connectivity index (χ4n) is 2.36. The summed E-state index contributed by atoms with van der Waals surface area (Å²) in [5.74, 6) is 5.16. The van der Waals surface area contributed by atoms with Crippen LogP contribution in [0, 0.1) is 17.7 Å². The van der Waals surface area contributed by atoms with Gasteiger partial charge < -0.3 is 0 Å². The van der Waals surface area contributed by atoms with Crippen LogP contribution in [-0.4, -0.2) is 18.1 Å². The molecule has 1 aromatic heterocycles. The fourth-order valence-corrected chi connectivity index (χ4v) is 4.04. The summed E-state index contributed by atoms with van der Waals surface area (Å²) in [6.07, 6.45) is 3.77. The highest BCUT2D eigenvalue weighted by Crippen LogP contribution is 2.32. The summed E-state index contributed by atoms with van der Waals surface area (Å²) >= 11 is 0. The lowest BCUT2D eigenvalue weighted by molar-refractivity contribution is 0.528. The monoisotopic (exact) mass is 331 g/mol. The van der Waals surface area contributed by atoms with Gasteiger partial charge in [0, 0.05) is 18.8 Å². The minimum Gasteiger partial charge on any atom is -0.264 e. The molecule has 0 fully saturated rings. The first-order chi connectivity index (χ1) is 10.9. The van der Waals surface area contributed by atoms with E-state index in [1.54, 1.807) is 32.3 Å². The maximum Gasteiger partial charge on any atom is 0.185 e. The van der Waals surface area contributed by atoms with Gasteiger partial charge in [0.1, 0.15) is 5.82 Å². The Balaban J connectivity index is 2.47. The summed E-state index contributed by atoms with van der Waals surface area (Å²) in [4.78, 5) is 4.14. The van der Waals surface area contributed by atoms with Crippen molar-refractivity contribution in [1.82, 2.24) is 4.98 Å². The van der Waals surface area contributed by atoms with Gasteiger partial charge in [0.25, 0.3) is 0 Å². The van der Waals surface area contributed by atoms with Crippen LogP contribution in [0.2, 0.25) is 0 Å². The minimum absolute atomic E-state index is 0.100. The van der Waals surface area contributed by atoms with Crippen molar-refractivity contribution in [2.75, 3.05) is 0 Å². The van der Waals surface area contributed by atoms with E-state index in [-0.39, 0.29) is 17.7 Å². The van der Waals surface area contributed by atoms with Crippen molar-refractivity contribution < 1.29 is 12.8 Å². The highest BCUT2D eigenvalue weighted by molar-refractivity contribution is 7.92. The van der Waals surface area contributed by atoms with E-state index in [9.17, 15) is 12.8 Å². The van der Waals surface area contributed by atoms with Gasteiger partial charge in [-0.05, 0) is 56.2 Å². The lowest BCUT2D eigenvalue weighted by Crippen LogP contribution is -2.37. The summed E-state index contributed by atoms with van der Waals surface area (Å²) in [6.45, 7) is 3.35. The molecule has 0 saturated carbocycles.